The number of rotatable bonds is 7. The Hall–Kier alpha value is -3.61. The van der Waals surface area contributed by atoms with E-state index in [1.807, 2.05) is 36.7 Å². The molecule has 0 aliphatic carbocycles. The second-order valence-electron chi connectivity index (χ2n) is 8.98. The zero-order valence-corrected chi connectivity index (χ0v) is 19.9. The minimum atomic E-state index is -4.36. The molecule has 0 N–H and O–H groups in total. The van der Waals surface area contributed by atoms with Gasteiger partial charge in [-0.15, -0.1) is 0 Å². The Morgan fingerprint density at radius 2 is 1.71 bits per heavy atom. The van der Waals surface area contributed by atoms with Gasteiger partial charge in [0.05, 0.1) is 29.4 Å². The van der Waals surface area contributed by atoms with Gasteiger partial charge in [-0.2, -0.15) is 18.3 Å². The Labute approximate surface area is 202 Å². The van der Waals surface area contributed by atoms with Gasteiger partial charge in [0.25, 0.3) is 0 Å². The topological polar surface area (TPSA) is 44.1 Å². The van der Waals surface area contributed by atoms with Crippen molar-refractivity contribution in [2.24, 2.45) is 5.92 Å². The van der Waals surface area contributed by atoms with Crippen molar-refractivity contribution in [3.05, 3.63) is 89.1 Å². The van der Waals surface area contributed by atoms with Crippen molar-refractivity contribution in [3.63, 3.8) is 0 Å². The summed E-state index contributed by atoms with van der Waals surface area (Å²) >= 11 is 0. The van der Waals surface area contributed by atoms with Crippen LogP contribution in [0.1, 0.15) is 40.4 Å². The van der Waals surface area contributed by atoms with E-state index < -0.39 is 11.7 Å². The van der Waals surface area contributed by atoms with Gasteiger partial charge in [0.2, 0.25) is 0 Å². The fraction of sp³-hybridized carbons (Fsp3) is 0.286. The van der Waals surface area contributed by atoms with Crippen molar-refractivity contribution in [1.29, 1.82) is 0 Å². The molecule has 0 spiro atoms. The summed E-state index contributed by atoms with van der Waals surface area (Å²) in [6.45, 7) is 6.66. The second-order valence-corrected chi connectivity index (χ2v) is 8.98. The number of hydrogen-bond donors (Lipinski definition) is 0. The van der Waals surface area contributed by atoms with Crippen LogP contribution in [0.4, 0.5) is 13.2 Å². The van der Waals surface area contributed by atoms with Gasteiger partial charge in [-0.25, -0.2) is 4.79 Å². The molecule has 0 unspecified atom stereocenters. The molecule has 1 atom stereocenters. The van der Waals surface area contributed by atoms with Crippen LogP contribution in [0.3, 0.4) is 0 Å². The first kappa shape index (κ1) is 24.5. The number of carbonyl (C=O) groups excluding carboxylic acids is 1. The van der Waals surface area contributed by atoms with Crippen molar-refractivity contribution in [1.82, 2.24) is 9.78 Å². The molecule has 0 saturated heterocycles. The zero-order valence-electron chi connectivity index (χ0n) is 19.9. The number of alkyl halides is 3. The fourth-order valence-electron chi connectivity index (χ4n) is 4.14. The van der Waals surface area contributed by atoms with E-state index in [1.165, 1.54) is 12.1 Å². The van der Waals surface area contributed by atoms with E-state index in [9.17, 15) is 18.0 Å². The van der Waals surface area contributed by atoms with E-state index in [0.717, 1.165) is 40.1 Å². The first-order valence-corrected chi connectivity index (χ1v) is 11.5. The molecule has 3 aromatic carbocycles. The first-order valence-electron chi connectivity index (χ1n) is 11.5. The van der Waals surface area contributed by atoms with E-state index in [2.05, 4.69) is 5.10 Å². The molecule has 4 aromatic rings. The van der Waals surface area contributed by atoms with Crippen LogP contribution >= 0.6 is 0 Å². The molecule has 1 aromatic heterocycles. The summed E-state index contributed by atoms with van der Waals surface area (Å²) in [5.74, 6) is -0.180. The quantitative estimate of drug-likeness (QED) is 0.262. The summed E-state index contributed by atoms with van der Waals surface area (Å²) in [5, 5.41) is 5.44. The second kappa shape index (κ2) is 9.94. The maximum absolute atomic E-state index is 13.1. The van der Waals surface area contributed by atoms with Gasteiger partial charge < -0.3 is 4.74 Å². The molecule has 4 rings (SSSR count). The molecule has 7 heteroatoms. The van der Waals surface area contributed by atoms with Crippen LogP contribution < -0.4 is 0 Å². The average Bonchev–Trinajstić information content (AvgIpc) is 3.22. The normalized spacial score (nSPS) is 12.6. The number of fused-ring (bicyclic) bond motifs is 1. The Morgan fingerprint density at radius 3 is 2.40 bits per heavy atom. The minimum absolute atomic E-state index is 0.150. The van der Waals surface area contributed by atoms with Gasteiger partial charge >= 0.3 is 12.1 Å². The average molecular weight is 481 g/mol. The SMILES string of the molecule is Cc1cc(C(F)(F)F)ccc1-c1cc2cnn(CC[C@H](C)COC(=O)c3ccccc3)c2cc1C. The lowest BCUT2D eigenvalue weighted by Crippen LogP contribution is -2.14. The van der Waals surface area contributed by atoms with E-state index in [0.29, 0.717) is 24.3 Å². The molecule has 4 nitrogen and oxygen atoms in total. The predicted octanol–water partition coefficient (Wildman–Crippen LogP) is 7.22. The van der Waals surface area contributed by atoms with E-state index >= 15 is 0 Å². The maximum Gasteiger partial charge on any atom is 0.416 e. The number of hydrogen-bond acceptors (Lipinski definition) is 3. The van der Waals surface area contributed by atoms with Crippen LogP contribution in [0, 0.1) is 19.8 Å². The molecule has 0 amide bonds. The fourth-order valence-corrected chi connectivity index (χ4v) is 4.14. The van der Waals surface area contributed by atoms with Crippen molar-refractivity contribution in [3.8, 4) is 11.1 Å². The Morgan fingerprint density at radius 1 is 1.00 bits per heavy atom. The highest BCUT2D eigenvalue weighted by Gasteiger charge is 2.30. The minimum Gasteiger partial charge on any atom is -0.462 e. The third-order valence-corrected chi connectivity index (χ3v) is 6.17. The molecule has 182 valence electrons. The highest BCUT2D eigenvalue weighted by molar-refractivity contribution is 5.89. The molecule has 35 heavy (non-hydrogen) atoms. The van der Waals surface area contributed by atoms with Crippen LogP contribution in [-0.2, 0) is 17.5 Å². The Bertz CT molecular complexity index is 1340. The van der Waals surface area contributed by atoms with Gasteiger partial charge in [0.15, 0.2) is 0 Å². The molecular weight excluding hydrogens is 453 g/mol. The van der Waals surface area contributed by atoms with Gasteiger partial charge in [-0.3, -0.25) is 4.68 Å². The highest BCUT2D eigenvalue weighted by Crippen LogP contribution is 2.35. The summed E-state index contributed by atoms with van der Waals surface area (Å²) in [6.07, 6.45) is -1.81. The smallest absolute Gasteiger partial charge is 0.416 e. The molecule has 0 bridgehead atoms. The number of aromatic nitrogens is 2. The summed E-state index contributed by atoms with van der Waals surface area (Å²) in [5.41, 5.74) is 4.06. The van der Waals surface area contributed by atoms with Crippen LogP contribution in [-0.4, -0.2) is 22.4 Å². The third kappa shape index (κ3) is 5.56. The lowest BCUT2D eigenvalue weighted by molar-refractivity contribution is -0.137. The maximum atomic E-state index is 13.1. The van der Waals surface area contributed by atoms with Crippen molar-refractivity contribution >= 4 is 16.9 Å². The lowest BCUT2D eigenvalue weighted by Gasteiger charge is -2.14. The monoisotopic (exact) mass is 480 g/mol. The van der Waals surface area contributed by atoms with E-state index in [-0.39, 0.29) is 11.9 Å². The summed E-state index contributed by atoms with van der Waals surface area (Å²) in [6, 6.07) is 16.8. The summed E-state index contributed by atoms with van der Waals surface area (Å²) in [7, 11) is 0. The summed E-state index contributed by atoms with van der Waals surface area (Å²) in [4.78, 5) is 12.1. The summed E-state index contributed by atoms with van der Waals surface area (Å²) < 4.78 is 46.5. The molecular formula is C28H27F3N2O2. The zero-order chi connectivity index (χ0) is 25.2. The highest BCUT2D eigenvalue weighted by atomic mass is 19.4. The standard InChI is InChI=1S/C28H27F3N2O2/c1-18(17-35-27(34)21-7-5-4-6-8-21)11-12-33-26-14-20(3)25(15-22(26)16-32-33)24-10-9-23(13-19(24)2)28(29,30)31/h4-10,13-16,18H,11-12,17H2,1-3H3/t18-/m0/s1. The number of halogens is 3. The number of nitrogens with zero attached hydrogens (tertiary/aromatic N) is 2. The third-order valence-electron chi connectivity index (χ3n) is 6.17. The largest absolute Gasteiger partial charge is 0.462 e. The van der Waals surface area contributed by atoms with Crippen LogP contribution in [0.25, 0.3) is 22.0 Å². The lowest BCUT2D eigenvalue weighted by atomic mass is 9.94. The number of carbonyl (C=O) groups is 1. The predicted molar refractivity (Wildman–Crippen MR) is 130 cm³/mol. The molecule has 0 aliphatic rings. The van der Waals surface area contributed by atoms with Gasteiger partial charge in [-0.1, -0.05) is 31.2 Å². The Balaban J connectivity index is 1.45. The van der Waals surface area contributed by atoms with Crippen molar-refractivity contribution in [2.75, 3.05) is 6.61 Å². The Kier molecular flexibility index (Phi) is 6.96. The molecule has 1 heterocycles. The van der Waals surface area contributed by atoms with Crippen molar-refractivity contribution in [2.45, 2.75) is 39.9 Å². The number of esters is 1. The van der Waals surface area contributed by atoms with E-state index in [4.69, 9.17) is 4.74 Å². The van der Waals surface area contributed by atoms with Crippen molar-refractivity contribution < 1.29 is 22.7 Å². The number of aryl methyl sites for hydroxylation is 3. The van der Waals surface area contributed by atoms with Gasteiger partial charge in [0, 0.05) is 11.9 Å². The van der Waals surface area contributed by atoms with Crippen LogP contribution in [0.2, 0.25) is 0 Å². The van der Waals surface area contributed by atoms with Gasteiger partial charge in [0.1, 0.15) is 0 Å². The van der Waals surface area contributed by atoms with Crippen LogP contribution in [0.5, 0.6) is 0 Å². The first-order chi connectivity index (χ1) is 16.6. The van der Waals surface area contributed by atoms with E-state index in [1.54, 1.807) is 37.4 Å². The molecule has 0 radical (unpaired) electrons. The molecule has 0 aliphatic heterocycles. The molecule has 0 saturated carbocycles. The van der Waals surface area contributed by atoms with Crippen LogP contribution in [0.15, 0.2) is 66.9 Å². The number of benzene rings is 3. The van der Waals surface area contributed by atoms with Gasteiger partial charge in [-0.05, 0) is 84.8 Å². The molecule has 0 fully saturated rings. The number of ether oxygens (including phenoxy) is 1.